The molecule has 0 amide bonds. The highest BCUT2D eigenvalue weighted by atomic mass is 15.3. The summed E-state index contributed by atoms with van der Waals surface area (Å²) in [6.07, 6.45) is 1.29. The van der Waals surface area contributed by atoms with E-state index in [2.05, 4.69) is 49.9 Å². The van der Waals surface area contributed by atoms with Crippen LogP contribution in [0.2, 0.25) is 0 Å². The van der Waals surface area contributed by atoms with Crippen LogP contribution in [-0.2, 0) is 0 Å². The summed E-state index contributed by atoms with van der Waals surface area (Å²) >= 11 is 0. The van der Waals surface area contributed by atoms with Gasteiger partial charge in [0.05, 0.1) is 0 Å². The standard InChI is InChI=1S/C12H27N3/c1-10(2)15(11(3)4)9-13-12-6-7-14(5)8-12/h10-13H,6-9H2,1-5H3/t12-/m1/s1. The van der Waals surface area contributed by atoms with Crippen LogP contribution in [0, 0.1) is 0 Å². The van der Waals surface area contributed by atoms with E-state index in [1.165, 1.54) is 19.5 Å². The molecule has 0 aliphatic carbocycles. The van der Waals surface area contributed by atoms with E-state index in [0.717, 1.165) is 6.67 Å². The van der Waals surface area contributed by atoms with Crippen molar-refractivity contribution in [1.82, 2.24) is 15.1 Å². The number of likely N-dealkylation sites (tertiary alicyclic amines) is 1. The van der Waals surface area contributed by atoms with Gasteiger partial charge in [0.2, 0.25) is 0 Å². The Kier molecular flexibility index (Phi) is 5.03. The molecule has 90 valence electrons. The van der Waals surface area contributed by atoms with Gasteiger partial charge >= 0.3 is 0 Å². The lowest BCUT2D eigenvalue weighted by Gasteiger charge is -2.31. The Morgan fingerprint density at radius 2 is 1.87 bits per heavy atom. The van der Waals surface area contributed by atoms with Crippen LogP contribution in [0.1, 0.15) is 34.1 Å². The Bertz CT molecular complexity index is 172. The molecule has 1 aliphatic heterocycles. The lowest BCUT2D eigenvalue weighted by atomic mass is 10.2. The molecule has 3 nitrogen and oxygen atoms in total. The van der Waals surface area contributed by atoms with E-state index < -0.39 is 0 Å². The van der Waals surface area contributed by atoms with Gasteiger partial charge in [-0.1, -0.05) is 0 Å². The van der Waals surface area contributed by atoms with Crippen molar-refractivity contribution in [2.75, 3.05) is 26.8 Å². The molecule has 1 fully saturated rings. The Labute approximate surface area is 94.8 Å². The smallest absolute Gasteiger partial charge is 0.0488 e. The van der Waals surface area contributed by atoms with Gasteiger partial charge in [-0.25, -0.2) is 0 Å². The molecule has 1 heterocycles. The van der Waals surface area contributed by atoms with Gasteiger partial charge in [-0.05, 0) is 47.7 Å². The summed E-state index contributed by atoms with van der Waals surface area (Å²) in [6.45, 7) is 12.5. The Balaban J connectivity index is 2.27. The molecule has 0 saturated carbocycles. The van der Waals surface area contributed by atoms with Crippen LogP contribution in [0.4, 0.5) is 0 Å². The third-order valence-electron chi connectivity index (χ3n) is 3.28. The maximum Gasteiger partial charge on any atom is 0.0488 e. The summed E-state index contributed by atoms with van der Waals surface area (Å²) in [5, 5.41) is 3.66. The van der Waals surface area contributed by atoms with Crippen molar-refractivity contribution in [3.8, 4) is 0 Å². The maximum absolute atomic E-state index is 3.66. The van der Waals surface area contributed by atoms with Crippen molar-refractivity contribution in [1.29, 1.82) is 0 Å². The van der Waals surface area contributed by atoms with Crippen LogP contribution in [0.15, 0.2) is 0 Å². The van der Waals surface area contributed by atoms with Gasteiger partial charge in [-0.3, -0.25) is 4.90 Å². The van der Waals surface area contributed by atoms with E-state index in [1.807, 2.05) is 0 Å². The summed E-state index contributed by atoms with van der Waals surface area (Å²) in [7, 11) is 2.20. The summed E-state index contributed by atoms with van der Waals surface area (Å²) in [5.41, 5.74) is 0. The van der Waals surface area contributed by atoms with Crippen molar-refractivity contribution in [3.05, 3.63) is 0 Å². The summed E-state index contributed by atoms with van der Waals surface area (Å²) < 4.78 is 0. The second-order valence-electron chi connectivity index (χ2n) is 5.31. The number of nitrogens with one attached hydrogen (secondary N) is 1. The lowest BCUT2D eigenvalue weighted by molar-refractivity contribution is 0.153. The van der Waals surface area contributed by atoms with Gasteiger partial charge < -0.3 is 10.2 Å². The van der Waals surface area contributed by atoms with Crippen molar-refractivity contribution in [2.24, 2.45) is 0 Å². The predicted molar refractivity (Wildman–Crippen MR) is 66.0 cm³/mol. The van der Waals surface area contributed by atoms with E-state index in [9.17, 15) is 0 Å². The maximum atomic E-state index is 3.66. The monoisotopic (exact) mass is 213 g/mol. The first-order chi connectivity index (χ1) is 7.00. The highest BCUT2D eigenvalue weighted by Gasteiger charge is 2.20. The zero-order valence-electron chi connectivity index (χ0n) is 11.0. The molecule has 0 bridgehead atoms. The summed E-state index contributed by atoms with van der Waals surface area (Å²) in [5.74, 6) is 0. The molecule has 1 rings (SSSR count). The number of hydrogen-bond acceptors (Lipinski definition) is 3. The molecule has 3 heteroatoms. The van der Waals surface area contributed by atoms with Crippen LogP contribution in [0.3, 0.4) is 0 Å². The molecule has 0 aromatic heterocycles. The predicted octanol–water partition coefficient (Wildman–Crippen LogP) is 1.36. The fraction of sp³-hybridized carbons (Fsp3) is 1.00. The van der Waals surface area contributed by atoms with Gasteiger partial charge in [-0.15, -0.1) is 0 Å². The Hall–Kier alpha value is -0.120. The Morgan fingerprint density at radius 3 is 2.27 bits per heavy atom. The van der Waals surface area contributed by atoms with E-state index >= 15 is 0 Å². The molecule has 0 aromatic carbocycles. The molecule has 0 unspecified atom stereocenters. The SMILES string of the molecule is CC(C)N(CN[C@@H]1CCN(C)C1)C(C)C. The van der Waals surface area contributed by atoms with Crippen LogP contribution in [0.5, 0.6) is 0 Å². The number of hydrogen-bond donors (Lipinski definition) is 1. The number of likely N-dealkylation sites (N-methyl/N-ethyl adjacent to an activating group) is 1. The molecule has 0 aromatic rings. The fourth-order valence-corrected chi connectivity index (χ4v) is 2.30. The average molecular weight is 213 g/mol. The largest absolute Gasteiger partial charge is 0.305 e. The Morgan fingerprint density at radius 1 is 1.27 bits per heavy atom. The third-order valence-corrected chi connectivity index (χ3v) is 3.28. The molecule has 0 spiro atoms. The molecule has 1 saturated heterocycles. The van der Waals surface area contributed by atoms with E-state index in [4.69, 9.17) is 0 Å². The van der Waals surface area contributed by atoms with Crippen molar-refractivity contribution < 1.29 is 0 Å². The molecule has 1 atom stereocenters. The van der Waals surface area contributed by atoms with Crippen molar-refractivity contribution >= 4 is 0 Å². The summed E-state index contributed by atoms with van der Waals surface area (Å²) in [4.78, 5) is 4.89. The van der Waals surface area contributed by atoms with Gasteiger partial charge in [0.25, 0.3) is 0 Å². The number of nitrogens with zero attached hydrogens (tertiary/aromatic N) is 2. The van der Waals surface area contributed by atoms with Gasteiger partial charge in [-0.2, -0.15) is 0 Å². The first-order valence-electron chi connectivity index (χ1n) is 6.18. The van der Waals surface area contributed by atoms with Gasteiger partial charge in [0.1, 0.15) is 0 Å². The highest BCUT2D eigenvalue weighted by Crippen LogP contribution is 2.08. The topological polar surface area (TPSA) is 18.5 Å². The summed E-state index contributed by atoms with van der Waals surface area (Å²) in [6, 6.07) is 1.93. The highest BCUT2D eigenvalue weighted by molar-refractivity contribution is 4.79. The molecular weight excluding hydrogens is 186 g/mol. The molecule has 1 aliphatic rings. The first-order valence-corrected chi connectivity index (χ1v) is 6.18. The van der Waals surface area contributed by atoms with Crippen LogP contribution in [-0.4, -0.2) is 54.7 Å². The minimum absolute atomic E-state index is 0.622. The number of rotatable bonds is 5. The molecule has 0 radical (unpaired) electrons. The molecule has 15 heavy (non-hydrogen) atoms. The zero-order valence-corrected chi connectivity index (χ0v) is 11.0. The van der Waals surface area contributed by atoms with Crippen LogP contribution >= 0.6 is 0 Å². The average Bonchev–Trinajstić information content (AvgIpc) is 2.50. The third kappa shape index (κ3) is 4.09. The first kappa shape index (κ1) is 12.9. The quantitative estimate of drug-likeness (QED) is 0.696. The minimum atomic E-state index is 0.622. The van der Waals surface area contributed by atoms with Crippen LogP contribution in [0.25, 0.3) is 0 Å². The second kappa shape index (κ2) is 5.83. The van der Waals surface area contributed by atoms with E-state index in [-0.39, 0.29) is 0 Å². The van der Waals surface area contributed by atoms with Crippen LogP contribution < -0.4 is 5.32 Å². The van der Waals surface area contributed by atoms with Crippen molar-refractivity contribution in [2.45, 2.75) is 52.2 Å². The van der Waals surface area contributed by atoms with Crippen molar-refractivity contribution in [3.63, 3.8) is 0 Å². The second-order valence-corrected chi connectivity index (χ2v) is 5.31. The van der Waals surface area contributed by atoms with E-state index in [1.54, 1.807) is 0 Å². The molecular formula is C12H27N3. The fourth-order valence-electron chi connectivity index (χ4n) is 2.30. The van der Waals surface area contributed by atoms with Gasteiger partial charge in [0, 0.05) is 31.3 Å². The normalized spacial score (nSPS) is 23.6. The molecule has 1 N–H and O–H groups in total. The zero-order chi connectivity index (χ0) is 11.4. The minimum Gasteiger partial charge on any atom is -0.305 e. The lowest BCUT2D eigenvalue weighted by Crippen LogP contribution is -2.46. The van der Waals surface area contributed by atoms with E-state index in [0.29, 0.717) is 18.1 Å². The van der Waals surface area contributed by atoms with Gasteiger partial charge in [0.15, 0.2) is 0 Å².